The Morgan fingerprint density at radius 1 is 1.43 bits per heavy atom. The highest BCUT2D eigenvalue weighted by atomic mass is 32.1. The zero-order valence-corrected chi connectivity index (χ0v) is 13.1. The molecule has 0 radical (unpaired) electrons. The number of hydrogen-bond donors (Lipinski definition) is 2. The van der Waals surface area contributed by atoms with Gasteiger partial charge in [-0.15, -0.1) is 11.3 Å². The van der Waals surface area contributed by atoms with Crippen LogP contribution in [0, 0.1) is 19.8 Å². The Balaban J connectivity index is 1.44. The van der Waals surface area contributed by atoms with Crippen LogP contribution in [-0.4, -0.2) is 41.0 Å². The number of rotatable bonds is 4. The van der Waals surface area contributed by atoms with Gasteiger partial charge in [0.15, 0.2) is 5.13 Å². The number of likely N-dealkylation sites (tertiary alicyclic amines) is 1. The number of carbonyl (C=O) groups is 2. The van der Waals surface area contributed by atoms with Gasteiger partial charge in [0.25, 0.3) is 0 Å². The molecule has 3 amide bonds. The minimum Gasteiger partial charge on any atom is -0.339 e. The summed E-state index contributed by atoms with van der Waals surface area (Å²) in [6.45, 7) is 5.21. The Morgan fingerprint density at radius 3 is 2.81 bits per heavy atom. The first kappa shape index (κ1) is 14.3. The number of aromatic nitrogens is 1. The number of nitrogens with one attached hydrogen (secondary N) is 2. The molecule has 1 aliphatic heterocycles. The molecule has 21 heavy (non-hydrogen) atoms. The number of nitrogens with zero attached hydrogens (tertiary/aromatic N) is 2. The largest absolute Gasteiger partial charge is 0.339 e. The number of thiazole rings is 1. The summed E-state index contributed by atoms with van der Waals surface area (Å²) in [7, 11) is 0. The molecule has 6 nitrogen and oxygen atoms in total. The van der Waals surface area contributed by atoms with Crippen molar-refractivity contribution in [1.29, 1.82) is 0 Å². The first-order valence-corrected chi connectivity index (χ1v) is 8.13. The zero-order valence-electron chi connectivity index (χ0n) is 12.3. The zero-order chi connectivity index (χ0) is 15.0. The van der Waals surface area contributed by atoms with Crippen LogP contribution in [0.4, 0.5) is 9.93 Å². The summed E-state index contributed by atoms with van der Waals surface area (Å²) >= 11 is 1.47. The molecule has 0 spiro atoms. The molecule has 2 heterocycles. The molecule has 1 saturated carbocycles. The van der Waals surface area contributed by atoms with E-state index in [1.807, 2.05) is 18.7 Å². The quantitative estimate of drug-likeness (QED) is 0.892. The molecule has 1 aliphatic carbocycles. The van der Waals surface area contributed by atoms with E-state index in [1.165, 1.54) is 11.3 Å². The second kappa shape index (κ2) is 5.63. The van der Waals surface area contributed by atoms with Crippen LogP contribution in [0.2, 0.25) is 0 Å². The van der Waals surface area contributed by atoms with Crippen molar-refractivity contribution in [3.05, 3.63) is 10.6 Å². The van der Waals surface area contributed by atoms with Crippen LogP contribution in [0.5, 0.6) is 0 Å². The maximum absolute atomic E-state index is 11.8. The Bertz CT molecular complexity index is 548. The van der Waals surface area contributed by atoms with Crippen LogP contribution in [-0.2, 0) is 4.79 Å². The summed E-state index contributed by atoms with van der Waals surface area (Å²) in [5.41, 5.74) is 0.941. The molecule has 0 unspecified atom stereocenters. The molecule has 1 aromatic heterocycles. The fourth-order valence-electron chi connectivity index (χ4n) is 2.59. The lowest BCUT2D eigenvalue weighted by molar-refractivity contribution is -0.128. The minimum absolute atomic E-state index is 0.226. The highest BCUT2D eigenvalue weighted by Crippen LogP contribution is 2.32. The maximum Gasteiger partial charge on any atom is 0.321 e. The molecule has 2 aliphatic rings. The number of carbonyl (C=O) groups excluding carboxylic acids is 2. The first-order chi connectivity index (χ1) is 10.0. The van der Waals surface area contributed by atoms with Gasteiger partial charge in [-0.3, -0.25) is 10.1 Å². The number of hydrogen-bond acceptors (Lipinski definition) is 4. The fourth-order valence-corrected chi connectivity index (χ4v) is 3.40. The third-order valence-corrected chi connectivity index (χ3v) is 5.01. The van der Waals surface area contributed by atoms with E-state index in [0.29, 0.717) is 24.1 Å². The van der Waals surface area contributed by atoms with Crippen molar-refractivity contribution in [2.24, 2.45) is 5.92 Å². The van der Waals surface area contributed by atoms with E-state index in [-0.39, 0.29) is 17.9 Å². The summed E-state index contributed by atoms with van der Waals surface area (Å²) in [4.78, 5) is 31.0. The van der Waals surface area contributed by atoms with E-state index in [0.717, 1.165) is 30.0 Å². The van der Waals surface area contributed by atoms with Gasteiger partial charge in [0.1, 0.15) is 0 Å². The number of aryl methyl sites for hydroxylation is 2. The molecular weight excluding hydrogens is 288 g/mol. The fraction of sp³-hybridized carbons (Fsp3) is 0.643. The third kappa shape index (κ3) is 3.34. The van der Waals surface area contributed by atoms with E-state index in [1.54, 1.807) is 0 Å². The van der Waals surface area contributed by atoms with Crippen LogP contribution in [0.3, 0.4) is 0 Å². The van der Waals surface area contributed by atoms with Crippen LogP contribution < -0.4 is 10.6 Å². The molecule has 1 aromatic rings. The number of amides is 3. The van der Waals surface area contributed by atoms with Crippen molar-refractivity contribution < 1.29 is 9.59 Å². The lowest BCUT2D eigenvalue weighted by Crippen LogP contribution is -2.34. The van der Waals surface area contributed by atoms with Crippen molar-refractivity contribution in [3.8, 4) is 0 Å². The normalized spacial score (nSPS) is 21.7. The van der Waals surface area contributed by atoms with Gasteiger partial charge in [0.2, 0.25) is 5.91 Å². The Morgan fingerprint density at radius 2 is 2.19 bits per heavy atom. The number of urea groups is 1. The Kier molecular flexibility index (Phi) is 3.84. The van der Waals surface area contributed by atoms with E-state index >= 15 is 0 Å². The highest BCUT2D eigenvalue weighted by molar-refractivity contribution is 7.15. The number of anilines is 1. The second-order valence-electron chi connectivity index (χ2n) is 5.84. The van der Waals surface area contributed by atoms with Gasteiger partial charge in [-0.1, -0.05) is 0 Å². The monoisotopic (exact) mass is 308 g/mol. The Hall–Kier alpha value is -1.63. The van der Waals surface area contributed by atoms with Gasteiger partial charge in [-0.2, -0.15) is 0 Å². The maximum atomic E-state index is 11.8. The molecular formula is C14H20N4O2S. The van der Waals surface area contributed by atoms with Crippen molar-refractivity contribution in [3.63, 3.8) is 0 Å². The van der Waals surface area contributed by atoms with Crippen molar-refractivity contribution in [2.45, 2.75) is 39.2 Å². The second-order valence-corrected chi connectivity index (χ2v) is 7.05. The van der Waals surface area contributed by atoms with Gasteiger partial charge in [0, 0.05) is 36.3 Å². The van der Waals surface area contributed by atoms with E-state index in [9.17, 15) is 9.59 Å². The van der Waals surface area contributed by atoms with E-state index in [4.69, 9.17) is 0 Å². The lowest BCUT2D eigenvalue weighted by Gasteiger charge is -2.15. The molecule has 1 atom stereocenters. The molecule has 3 rings (SSSR count). The molecule has 114 valence electrons. The Labute approximate surface area is 127 Å². The smallest absolute Gasteiger partial charge is 0.321 e. The van der Waals surface area contributed by atoms with Gasteiger partial charge in [-0.25, -0.2) is 9.78 Å². The van der Waals surface area contributed by atoms with E-state index in [2.05, 4.69) is 15.6 Å². The van der Waals surface area contributed by atoms with Crippen LogP contribution in [0.15, 0.2) is 0 Å². The predicted molar refractivity (Wildman–Crippen MR) is 81.5 cm³/mol. The summed E-state index contributed by atoms with van der Waals surface area (Å²) < 4.78 is 0. The summed E-state index contributed by atoms with van der Waals surface area (Å²) in [5, 5.41) is 6.20. The van der Waals surface area contributed by atoms with Crippen LogP contribution in [0.1, 0.15) is 29.8 Å². The molecule has 0 bridgehead atoms. The SMILES string of the molecule is Cc1nc(NC(=O)NC[C@H]2CC(=O)N(C3CC3)C2)sc1C. The topological polar surface area (TPSA) is 74.3 Å². The molecule has 1 saturated heterocycles. The van der Waals surface area contributed by atoms with Crippen molar-refractivity contribution in [1.82, 2.24) is 15.2 Å². The highest BCUT2D eigenvalue weighted by Gasteiger charge is 2.39. The third-order valence-electron chi connectivity index (χ3n) is 4.03. The van der Waals surface area contributed by atoms with Gasteiger partial charge < -0.3 is 10.2 Å². The van der Waals surface area contributed by atoms with Crippen molar-refractivity contribution >= 4 is 28.4 Å². The average Bonchev–Trinajstić information content (AvgIpc) is 3.13. The van der Waals surface area contributed by atoms with Crippen LogP contribution >= 0.6 is 11.3 Å². The van der Waals surface area contributed by atoms with Gasteiger partial charge in [0.05, 0.1) is 5.69 Å². The summed E-state index contributed by atoms with van der Waals surface area (Å²) in [6.07, 6.45) is 2.82. The molecule has 2 fully saturated rings. The molecule has 0 aromatic carbocycles. The summed E-state index contributed by atoms with van der Waals surface area (Å²) in [5.74, 6) is 0.458. The van der Waals surface area contributed by atoms with Gasteiger partial charge in [-0.05, 0) is 26.7 Å². The summed E-state index contributed by atoms with van der Waals surface area (Å²) in [6, 6.07) is 0.221. The average molecular weight is 308 g/mol. The van der Waals surface area contributed by atoms with Crippen LogP contribution in [0.25, 0.3) is 0 Å². The lowest BCUT2D eigenvalue weighted by atomic mass is 10.1. The van der Waals surface area contributed by atoms with Gasteiger partial charge >= 0.3 is 6.03 Å². The minimum atomic E-state index is -0.249. The standard InChI is InChI=1S/C14H20N4O2S/c1-8-9(2)21-14(16-8)17-13(20)15-6-10-5-12(19)18(7-10)11-3-4-11/h10-11H,3-7H2,1-2H3,(H2,15,16,17,20)/t10-/m1/s1. The molecule has 2 N–H and O–H groups in total. The predicted octanol–water partition coefficient (Wildman–Crippen LogP) is 1.89. The molecule has 7 heteroatoms. The van der Waals surface area contributed by atoms with E-state index < -0.39 is 0 Å². The first-order valence-electron chi connectivity index (χ1n) is 7.31. The van der Waals surface area contributed by atoms with Crippen molar-refractivity contribution in [2.75, 3.05) is 18.4 Å².